The van der Waals surface area contributed by atoms with E-state index < -0.39 is 5.97 Å². The van der Waals surface area contributed by atoms with Gasteiger partial charge in [0.2, 0.25) is 0 Å². The van der Waals surface area contributed by atoms with Gasteiger partial charge in [0.05, 0.1) is 24.2 Å². The van der Waals surface area contributed by atoms with Crippen molar-refractivity contribution in [2.75, 3.05) is 19.7 Å². The Hall–Kier alpha value is -1.70. The van der Waals surface area contributed by atoms with Gasteiger partial charge in [-0.1, -0.05) is 0 Å². The van der Waals surface area contributed by atoms with E-state index in [-0.39, 0.29) is 5.60 Å². The number of carboxylic acid groups (broad SMARTS) is 1. The largest absolute Gasteiger partial charge is 0.477 e. The van der Waals surface area contributed by atoms with Crippen molar-refractivity contribution in [3.63, 3.8) is 0 Å². The van der Waals surface area contributed by atoms with Gasteiger partial charge in [0.25, 0.3) is 0 Å². The molecule has 0 aromatic carbocycles. The molecule has 25 heavy (non-hydrogen) atoms. The fraction of sp³-hybridized carbons (Fsp3) is 0.556. The van der Waals surface area contributed by atoms with Crippen LogP contribution in [0.1, 0.15) is 45.6 Å². The van der Waals surface area contributed by atoms with E-state index in [2.05, 4.69) is 27.6 Å². The number of aromatic nitrogens is 2. The van der Waals surface area contributed by atoms with Crippen LogP contribution in [0, 0.1) is 0 Å². The molecule has 134 valence electrons. The Labute approximate surface area is 151 Å². The third-order valence-electron chi connectivity index (χ3n) is 5.32. The number of aromatic carboxylic acids is 1. The Morgan fingerprint density at radius 1 is 1.44 bits per heavy atom. The predicted octanol–water partition coefficient (Wildman–Crippen LogP) is 2.73. The van der Waals surface area contributed by atoms with E-state index in [0.29, 0.717) is 11.5 Å². The molecule has 1 N–H and O–H groups in total. The van der Waals surface area contributed by atoms with Gasteiger partial charge in [-0.3, -0.25) is 4.90 Å². The number of rotatable bonds is 4. The number of likely N-dealkylation sites (tertiary alicyclic amines) is 1. The minimum Gasteiger partial charge on any atom is -0.477 e. The summed E-state index contributed by atoms with van der Waals surface area (Å²) < 4.78 is 8.31. The second-order valence-electron chi connectivity index (χ2n) is 6.82. The number of piperidine rings is 1. The molecule has 0 amide bonds. The van der Waals surface area contributed by atoms with Gasteiger partial charge in [-0.2, -0.15) is 0 Å². The molecule has 0 saturated carbocycles. The standard InChI is InChI=1S/C18H23N3O3S/c1-2-20-10-13(19-12-20)11-21-6-4-18(5-7-21)14-9-16(17(22)23)25-15(14)3-8-24-18/h9-10,12H,2-8,11H2,1H3,(H,22,23). The molecule has 4 rings (SSSR count). The molecule has 0 atom stereocenters. The van der Waals surface area contributed by atoms with Crippen LogP contribution in [0.25, 0.3) is 0 Å². The number of carbonyl (C=O) groups is 1. The van der Waals surface area contributed by atoms with Crippen LogP contribution in [0.5, 0.6) is 0 Å². The van der Waals surface area contributed by atoms with Crippen LogP contribution < -0.4 is 0 Å². The maximum Gasteiger partial charge on any atom is 0.345 e. The Morgan fingerprint density at radius 2 is 2.24 bits per heavy atom. The summed E-state index contributed by atoms with van der Waals surface area (Å²) >= 11 is 1.41. The number of aryl methyl sites for hydroxylation is 1. The average molecular weight is 361 g/mol. The first-order chi connectivity index (χ1) is 12.1. The van der Waals surface area contributed by atoms with Crippen molar-refractivity contribution in [2.45, 2.75) is 44.9 Å². The fourth-order valence-electron chi connectivity index (χ4n) is 3.90. The van der Waals surface area contributed by atoms with Gasteiger partial charge < -0.3 is 14.4 Å². The third kappa shape index (κ3) is 3.12. The van der Waals surface area contributed by atoms with Gasteiger partial charge in [-0.25, -0.2) is 9.78 Å². The lowest BCUT2D eigenvalue weighted by atomic mass is 9.82. The van der Waals surface area contributed by atoms with E-state index >= 15 is 0 Å². The molecule has 0 radical (unpaired) electrons. The Balaban J connectivity index is 1.47. The van der Waals surface area contributed by atoms with Crippen LogP contribution >= 0.6 is 11.3 Å². The Morgan fingerprint density at radius 3 is 2.92 bits per heavy atom. The average Bonchev–Trinajstić information content (AvgIpc) is 3.24. The van der Waals surface area contributed by atoms with Gasteiger partial charge in [0.15, 0.2) is 0 Å². The van der Waals surface area contributed by atoms with E-state index in [4.69, 9.17) is 4.74 Å². The summed E-state index contributed by atoms with van der Waals surface area (Å²) in [5.41, 5.74) is 1.93. The van der Waals surface area contributed by atoms with Crippen LogP contribution in [-0.2, 0) is 29.8 Å². The summed E-state index contributed by atoms with van der Waals surface area (Å²) in [6.07, 6.45) is 6.63. The van der Waals surface area contributed by atoms with Crippen LogP contribution in [0.15, 0.2) is 18.6 Å². The highest BCUT2D eigenvalue weighted by Crippen LogP contribution is 2.44. The van der Waals surface area contributed by atoms with Crippen molar-refractivity contribution < 1.29 is 14.6 Å². The number of hydrogen-bond acceptors (Lipinski definition) is 5. The quantitative estimate of drug-likeness (QED) is 0.907. The van der Waals surface area contributed by atoms with Crippen LogP contribution in [0.2, 0.25) is 0 Å². The first-order valence-electron chi connectivity index (χ1n) is 8.83. The topological polar surface area (TPSA) is 67.6 Å². The number of hydrogen-bond donors (Lipinski definition) is 1. The fourth-order valence-corrected chi connectivity index (χ4v) is 4.97. The SMILES string of the molecule is CCn1cnc(CN2CCC3(CC2)OCCc2sc(C(=O)O)cc23)c1. The summed E-state index contributed by atoms with van der Waals surface area (Å²) in [6.45, 7) is 6.48. The molecule has 0 bridgehead atoms. The van der Waals surface area contributed by atoms with Crippen molar-refractivity contribution >= 4 is 17.3 Å². The number of thiophene rings is 1. The molecule has 4 heterocycles. The molecule has 0 unspecified atom stereocenters. The van der Waals surface area contributed by atoms with Crippen molar-refractivity contribution in [3.8, 4) is 0 Å². The maximum absolute atomic E-state index is 11.3. The van der Waals surface area contributed by atoms with Gasteiger partial charge in [-0.15, -0.1) is 11.3 Å². The lowest BCUT2D eigenvalue weighted by molar-refractivity contribution is -0.0981. The van der Waals surface area contributed by atoms with E-state index in [1.165, 1.54) is 16.2 Å². The number of carboxylic acids is 1. The third-order valence-corrected chi connectivity index (χ3v) is 6.50. The van der Waals surface area contributed by atoms with E-state index in [0.717, 1.165) is 56.7 Å². The number of nitrogens with zero attached hydrogens (tertiary/aromatic N) is 3. The molecule has 7 heteroatoms. The highest BCUT2D eigenvalue weighted by molar-refractivity contribution is 7.14. The van der Waals surface area contributed by atoms with E-state index in [9.17, 15) is 9.90 Å². The lowest BCUT2D eigenvalue weighted by Crippen LogP contribution is -2.45. The molecular weight excluding hydrogens is 338 g/mol. The van der Waals surface area contributed by atoms with E-state index in [1.807, 2.05) is 12.4 Å². The van der Waals surface area contributed by atoms with Crippen molar-refractivity contribution in [1.82, 2.24) is 14.5 Å². The van der Waals surface area contributed by atoms with Gasteiger partial charge >= 0.3 is 5.97 Å². The molecule has 1 fully saturated rings. The van der Waals surface area contributed by atoms with Crippen molar-refractivity contribution in [2.24, 2.45) is 0 Å². The number of ether oxygens (including phenoxy) is 1. The van der Waals surface area contributed by atoms with Crippen LogP contribution in [0.4, 0.5) is 0 Å². The molecule has 2 aromatic heterocycles. The Kier molecular flexibility index (Phi) is 4.39. The lowest BCUT2D eigenvalue weighted by Gasteiger charge is -2.44. The highest BCUT2D eigenvalue weighted by Gasteiger charge is 2.42. The zero-order valence-corrected chi connectivity index (χ0v) is 15.2. The van der Waals surface area contributed by atoms with Gasteiger partial charge in [0.1, 0.15) is 4.88 Å². The predicted molar refractivity (Wildman–Crippen MR) is 95.0 cm³/mol. The molecule has 2 aliphatic heterocycles. The number of imidazole rings is 1. The first kappa shape index (κ1) is 16.8. The molecule has 2 aromatic rings. The monoisotopic (exact) mass is 361 g/mol. The second kappa shape index (κ2) is 6.55. The van der Waals surface area contributed by atoms with Crippen LogP contribution in [-0.4, -0.2) is 45.2 Å². The molecule has 1 spiro atoms. The van der Waals surface area contributed by atoms with Crippen LogP contribution in [0.3, 0.4) is 0 Å². The van der Waals surface area contributed by atoms with Gasteiger partial charge in [-0.05, 0) is 31.4 Å². The summed E-state index contributed by atoms with van der Waals surface area (Å²) in [5, 5.41) is 9.30. The maximum atomic E-state index is 11.3. The summed E-state index contributed by atoms with van der Waals surface area (Å²) in [5.74, 6) is -0.835. The summed E-state index contributed by atoms with van der Waals surface area (Å²) in [7, 11) is 0. The number of fused-ring (bicyclic) bond motifs is 2. The second-order valence-corrected chi connectivity index (χ2v) is 7.95. The first-order valence-corrected chi connectivity index (χ1v) is 9.65. The Bertz CT molecular complexity index is 774. The van der Waals surface area contributed by atoms with Crippen molar-refractivity contribution in [1.29, 1.82) is 0 Å². The smallest absolute Gasteiger partial charge is 0.345 e. The zero-order valence-electron chi connectivity index (χ0n) is 14.4. The minimum atomic E-state index is -0.835. The molecule has 0 aliphatic carbocycles. The van der Waals surface area contributed by atoms with E-state index in [1.54, 1.807) is 0 Å². The molecule has 6 nitrogen and oxygen atoms in total. The zero-order chi connectivity index (χ0) is 17.4. The minimum absolute atomic E-state index is 0.295. The summed E-state index contributed by atoms with van der Waals surface area (Å²) in [6, 6.07) is 1.85. The molecular formula is C18H23N3O3S. The highest BCUT2D eigenvalue weighted by atomic mass is 32.1. The summed E-state index contributed by atoms with van der Waals surface area (Å²) in [4.78, 5) is 19.8. The molecule has 1 saturated heterocycles. The normalized spacial score (nSPS) is 19.9. The van der Waals surface area contributed by atoms with Crippen molar-refractivity contribution in [3.05, 3.63) is 39.6 Å². The molecule has 2 aliphatic rings. The van der Waals surface area contributed by atoms with Gasteiger partial charge in [0, 0.05) is 43.7 Å².